The molecule has 0 saturated heterocycles. The summed E-state index contributed by atoms with van der Waals surface area (Å²) in [6.07, 6.45) is 4.91. The van der Waals surface area contributed by atoms with Gasteiger partial charge in [0.15, 0.2) is 10.8 Å². The standard InChI is InChI=1S/C13H20N4S/c1-5-6-14-9(2)11-10(3)16-13(18-11)12-15-7-8-17(12)4/h7-9,14H,5-6H2,1-4H3. The molecule has 2 rings (SSSR count). The van der Waals surface area contributed by atoms with Gasteiger partial charge >= 0.3 is 0 Å². The summed E-state index contributed by atoms with van der Waals surface area (Å²) < 4.78 is 2.01. The first-order valence-electron chi connectivity index (χ1n) is 6.31. The third-order valence-corrected chi connectivity index (χ3v) is 4.27. The Hall–Kier alpha value is -1.20. The van der Waals surface area contributed by atoms with Gasteiger partial charge in [-0.15, -0.1) is 11.3 Å². The van der Waals surface area contributed by atoms with E-state index in [0.29, 0.717) is 6.04 Å². The van der Waals surface area contributed by atoms with E-state index in [2.05, 4.69) is 36.1 Å². The Morgan fingerprint density at radius 2 is 2.28 bits per heavy atom. The number of hydrogen-bond acceptors (Lipinski definition) is 4. The summed E-state index contributed by atoms with van der Waals surface area (Å²) in [6.45, 7) is 7.48. The van der Waals surface area contributed by atoms with Gasteiger partial charge in [-0.05, 0) is 26.8 Å². The smallest absolute Gasteiger partial charge is 0.168 e. The van der Waals surface area contributed by atoms with E-state index in [1.807, 2.05) is 24.0 Å². The highest BCUT2D eigenvalue weighted by molar-refractivity contribution is 7.15. The van der Waals surface area contributed by atoms with Gasteiger partial charge in [0, 0.05) is 30.4 Å². The van der Waals surface area contributed by atoms with Gasteiger partial charge in [-0.2, -0.15) is 0 Å². The molecule has 0 spiro atoms. The third kappa shape index (κ3) is 2.62. The van der Waals surface area contributed by atoms with Crippen LogP contribution in [0.3, 0.4) is 0 Å². The number of aromatic nitrogens is 3. The zero-order valence-corrected chi connectivity index (χ0v) is 12.2. The predicted molar refractivity (Wildman–Crippen MR) is 75.8 cm³/mol. The lowest BCUT2D eigenvalue weighted by Gasteiger charge is -2.11. The van der Waals surface area contributed by atoms with E-state index in [-0.39, 0.29) is 0 Å². The van der Waals surface area contributed by atoms with Crippen LogP contribution in [-0.4, -0.2) is 21.1 Å². The molecule has 1 N–H and O–H groups in total. The molecular weight excluding hydrogens is 244 g/mol. The summed E-state index contributed by atoms with van der Waals surface area (Å²) in [4.78, 5) is 10.3. The van der Waals surface area contributed by atoms with Crippen molar-refractivity contribution in [3.63, 3.8) is 0 Å². The van der Waals surface area contributed by atoms with Crippen LogP contribution in [0.15, 0.2) is 12.4 Å². The zero-order valence-electron chi connectivity index (χ0n) is 11.4. The second kappa shape index (κ2) is 5.63. The van der Waals surface area contributed by atoms with Gasteiger partial charge in [0.1, 0.15) is 0 Å². The molecule has 2 aromatic heterocycles. The monoisotopic (exact) mass is 264 g/mol. The van der Waals surface area contributed by atoms with Crippen molar-refractivity contribution >= 4 is 11.3 Å². The van der Waals surface area contributed by atoms with Crippen molar-refractivity contribution in [3.8, 4) is 10.8 Å². The number of rotatable bonds is 5. The van der Waals surface area contributed by atoms with Crippen LogP contribution in [-0.2, 0) is 7.05 Å². The number of thiazole rings is 1. The van der Waals surface area contributed by atoms with Crippen LogP contribution in [0, 0.1) is 6.92 Å². The minimum absolute atomic E-state index is 0.358. The van der Waals surface area contributed by atoms with E-state index >= 15 is 0 Å². The molecule has 0 amide bonds. The fourth-order valence-corrected chi connectivity index (χ4v) is 3.06. The van der Waals surface area contributed by atoms with E-state index in [9.17, 15) is 0 Å². The maximum absolute atomic E-state index is 4.64. The van der Waals surface area contributed by atoms with Crippen molar-refractivity contribution in [1.82, 2.24) is 19.9 Å². The number of nitrogens with one attached hydrogen (secondary N) is 1. The van der Waals surface area contributed by atoms with Crippen LogP contribution in [0.4, 0.5) is 0 Å². The molecular formula is C13H20N4S. The molecule has 0 aromatic carbocycles. The van der Waals surface area contributed by atoms with Crippen LogP contribution in [0.5, 0.6) is 0 Å². The van der Waals surface area contributed by atoms with E-state index in [1.54, 1.807) is 11.3 Å². The van der Waals surface area contributed by atoms with Crippen molar-refractivity contribution in [2.75, 3.05) is 6.54 Å². The van der Waals surface area contributed by atoms with Gasteiger partial charge in [-0.1, -0.05) is 6.92 Å². The highest BCUT2D eigenvalue weighted by Gasteiger charge is 2.16. The molecule has 18 heavy (non-hydrogen) atoms. The summed E-state index contributed by atoms with van der Waals surface area (Å²) >= 11 is 1.73. The van der Waals surface area contributed by atoms with Crippen molar-refractivity contribution in [1.29, 1.82) is 0 Å². The number of nitrogens with zero attached hydrogens (tertiary/aromatic N) is 3. The van der Waals surface area contributed by atoms with Gasteiger partial charge in [0.05, 0.1) is 5.69 Å². The number of hydrogen-bond donors (Lipinski definition) is 1. The van der Waals surface area contributed by atoms with Gasteiger partial charge < -0.3 is 9.88 Å². The molecule has 0 aliphatic carbocycles. The lowest BCUT2D eigenvalue weighted by molar-refractivity contribution is 0.575. The van der Waals surface area contributed by atoms with Crippen molar-refractivity contribution in [2.45, 2.75) is 33.2 Å². The van der Waals surface area contributed by atoms with E-state index in [1.165, 1.54) is 4.88 Å². The van der Waals surface area contributed by atoms with E-state index in [4.69, 9.17) is 0 Å². The Morgan fingerprint density at radius 1 is 1.50 bits per heavy atom. The van der Waals surface area contributed by atoms with Crippen molar-refractivity contribution in [2.24, 2.45) is 7.05 Å². The first-order chi connectivity index (χ1) is 8.63. The topological polar surface area (TPSA) is 42.7 Å². The molecule has 0 aliphatic rings. The second-order valence-electron chi connectivity index (χ2n) is 4.51. The molecule has 2 heterocycles. The average molecular weight is 264 g/mol. The fraction of sp³-hybridized carbons (Fsp3) is 0.538. The van der Waals surface area contributed by atoms with Crippen LogP contribution in [0.2, 0.25) is 0 Å². The van der Waals surface area contributed by atoms with Gasteiger partial charge in [-0.25, -0.2) is 9.97 Å². The van der Waals surface area contributed by atoms with Crippen LogP contribution in [0.1, 0.15) is 36.9 Å². The molecule has 2 aromatic rings. The third-order valence-electron chi connectivity index (χ3n) is 2.94. The van der Waals surface area contributed by atoms with Gasteiger partial charge in [-0.3, -0.25) is 0 Å². The summed E-state index contributed by atoms with van der Waals surface area (Å²) in [6, 6.07) is 0.358. The quantitative estimate of drug-likeness (QED) is 0.903. The molecule has 0 radical (unpaired) electrons. The molecule has 5 heteroatoms. The maximum atomic E-state index is 4.64. The highest BCUT2D eigenvalue weighted by atomic mass is 32.1. The zero-order chi connectivity index (χ0) is 13.1. The van der Waals surface area contributed by atoms with Gasteiger partial charge in [0.25, 0.3) is 0 Å². The van der Waals surface area contributed by atoms with Crippen LogP contribution in [0.25, 0.3) is 10.8 Å². The molecule has 0 bridgehead atoms. The minimum atomic E-state index is 0.358. The SMILES string of the molecule is CCCNC(C)c1sc(-c2nccn2C)nc1C. The summed E-state index contributed by atoms with van der Waals surface area (Å²) in [7, 11) is 2.00. The van der Waals surface area contributed by atoms with Crippen molar-refractivity contribution in [3.05, 3.63) is 23.0 Å². The van der Waals surface area contributed by atoms with Crippen LogP contribution >= 0.6 is 11.3 Å². The summed E-state index contributed by atoms with van der Waals surface area (Å²) in [5.74, 6) is 0.942. The normalized spacial score (nSPS) is 12.9. The molecule has 4 nitrogen and oxygen atoms in total. The molecule has 0 aliphatic heterocycles. The fourth-order valence-electron chi connectivity index (χ4n) is 1.93. The molecule has 1 unspecified atom stereocenters. The minimum Gasteiger partial charge on any atom is -0.332 e. The predicted octanol–water partition coefficient (Wildman–Crippen LogP) is 2.91. The summed E-state index contributed by atoms with van der Waals surface area (Å²) in [5, 5.41) is 4.51. The van der Waals surface area contributed by atoms with E-state index in [0.717, 1.165) is 29.5 Å². The Bertz CT molecular complexity index is 515. The Morgan fingerprint density at radius 3 is 2.89 bits per heavy atom. The lowest BCUT2D eigenvalue weighted by Crippen LogP contribution is -2.18. The van der Waals surface area contributed by atoms with Crippen LogP contribution < -0.4 is 5.32 Å². The first-order valence-corrected chi connectivity index (χ1v) is 7.13. The maximum Gasteiger partial charge on any atom is 0.168 e. The lowest BCUT2D eigenvalue weighted by atomic mass is 10.2. The first kappa shape index (κ1) is 13.2. The largest absolute Gasteiger partial charge is 0.332 e. The number of imidazole rings is 1. The Labute approximate surface area is 112 Å². The highest BCUT2D eigenvalue weighted by Crippen LogP contribution is 2.30. The van der Waals surface area contributed by atoms with Gasteiger partial charge in [0.2, 0.25) is 0 Å². The Balaban J connectivity index is 2.24. The van der Waals surface area contributed by atoms with E-state index < -0.39 is 0 Å². The molecule has 0 saturated carbocycles. The molecule has 1 atom stereocenters. The molecule has 98 valence electrons. The molecule has 0 fully saturated rings. The summed E-state index contributed by atoms with van der Waals surface area (Å²) in [5.41, 5.74) is 1.11. The van der Waals surface area contributed by atoms with Crippen molar-refractivity contribution < 1.29 is 0 Å². The number of aryl methyl sites for hydroxylation is 2. The second-order valence-corrected chi connectivity index (χ2v) is 5.54. The Kier molecular flexibility index (Phi) is 4.14. The average Bonchev–Trinajstić information content (AvgIpc) is 2.92.